The standard InChI is InChI=1S/C21H37FOSi/c1-5-7-9-11-18(21(3,4)24)15-17-12-13-19(22)20(16-17)23-14-10-8-6-2/h12-13,16,18H,5-11,14-15H2,1-4,24H3. The highest BCUT2D eigenvalue weighted by atomic mass is 28.1. The average molecular weight is 353 g/mol. The van der Waals surface area contributed by atoms with Crippen molar-refractivity contribution in [3.8, 4) is 5.75 Å². The van der Waals surface area contributed by atoms with Gasteiger partial charge in [-0.25, -0.2) is 4.39 Å². The molecule has 0 bridgehead atoms. The van der Waals surface area contributed by atoms with Gasteiger partial charge in [-0.1, -0.05) is 65.9 Å². The van der Waals surface area contributed by atoms with Crippen LogP contribution in [0.1, 0.15) is 78.2 Å². The van der Waals surface area contributed by atoms with Crippen LogP contribution < -0.4 is 4.74 Å². The summed E-state index contributed by atoms with van der Waals surface area (Å²) in [5.74, 6) is 0.874. The van der Waals surface area contributed by atoms with E-state index in [1.54, 1.807) is 6.07 Å². The van der Waals surface area contributed by atoms with Crippen molar-refractivity contribution in [2.45, 2.75) is 84.1 Å². The molecule has 138 valence electrons. The van der Waals surface area contributed by atoms with Crippen LogP contribution in [0.2, 0.25) is 5.04 Å². The van der Waals surface area contributed by atoms with Crippen LogP contribution in [0.15, 0.2) is 18.2 Å². The summed E-state index contributed by atoms with van der Waals surface area (Å²) in [7, 11) is 1.18. The zero-order chi connectivity index (χ0) is 18.0. The summed E-state index contributed by atoms with van der Waals surface area (Å²) < 4.78 is 19.7. The molecular formula is C21H37FOSi. The van der Waals surface area contributed by atoms with Crippen LogP contribution in [-0.4, -0.2) is 16.8 Å². The van der Waals surface area contributed by atoms with E-state index in [1.807, 2.05) is 12.1 Å². The van der Waals surface area contributed by atoms with Crippen molar-refractivity contribution in [3.05, 3.63) is 29.6 Å². The van der Waals surface area contributed by atoms with E-state index in [0.717, 1.165) is 25.7 Å². The number of hydrogen-bond acceptors (Lipinski definition) is 1. The van der Waals surface area contributed by atoms with E-state index < -0.39 is 0 Å². The van der Waals surface area contributed by atoms with Gasteiger partial charge in [-0.15, -0.1) is 0 Å². The van der Waals surface area contributed by atoms with Crippen LogP contribution in [0.25, 0.3) is 0 Å². The summed E-state index contributed by atoms with van der Waals surface area (Å²) >= 11 is 0. The van der Waals surface area contributed by atoms with E-state index >= 15 is 0 Å². The van der Waals surface area contributed by atoms with Gasteiger partial charge in [0.25, 0.3) is 0 Å². The molecule has 1 unspecified atom stereocenters. The molecule has 0 aliphatic rings. The van der Waals surface area contributed by atoms with E-state index in [1.165, 1.54) is 41.5 Å². The largest absolute Gasteiger partial charge is 0.491 e. The van der Waals surface area contributed by atoms with E-state index in [9.17, 15) is 4.39 Å². The van der Waals surface area contributed by atoms with Crippen molar-refractivity contribution < 1.29 is 9.13 Å². The van der Waals surface area contributed by atoms with Crippen molar-refractivity contribution >= 4 is 10.2 Å². The molecule has 1 nitrogen and oxygen atoms in total. The molecule has 0 saturated heterocycles. The lowest BCUT2D eigenvalue weighted by Gasteiger charge is -2.31. The third-order valence-corrected chi connectivity index (χ3v) is 5.68. The van der Waals surface area contributed by atoms with Crippen LogP contribution in [0.3, 0.4) is 0 Å². The van der Waals surface area contributed by atoms with Crippen LogP contribution in [0.4, 0.5) is 4.39 Å². The minimum Gasteiger partial charge on any atom is -0.491 e. The molecule has 0 heterocycles. The van der Waals surface area contributed by atoms with Gasteiger partial charge >= 0.3 is 0 Å². The van der Waals surface area contributed by atoms with Crippen LogP contribution in [0.5, 0.6) is 5.75 Å². The highest BCUT2D eigenvalue weighted by molar-refractivity contribution is 6.14. The molecule has 1 aromatic rings. The van der Waals surface area contributed by atoms with E-state index in [-0.39, 0.29) is 5.82 Å². The second-order valence-electron chi connectivity index (χ2n) is 8.08. The number of hydrogen-bond donors (Lipinski definition) is 0. The molecule has 0 fully saturated rings. The quantitative estimate of drug-likeness (QED) is 0.346. The average Bonchev–Trinajstić information content (AvgIpc) is 2.52. The molecule has 0 aromatic heterocycles. The van der Waals surface area contributed by atoms with Gasteiger partial charge in [-0.05, 0) is 47.9 Å². The highest BCUT2D eigenvalue weighted by Gasteiger charge is 2.24. The van der Waals surface area contributed by atoms with E-state index in [0.29, 0.717) is 23.3 Å². The van der Waals surface area contributed by atoms with Gasteiger partial charge in [-0.3, -0.25) is 0 Å². The molecule has 1 rings (SSSR count). The van der Waals surface area contributed by atoms with Crippen molar-refractivity contribution in [1.29, 1.82) is 0 Å². The third kappa shape index (κ3) is 7.83. The first-order valence-electron chi connectivity index (χ1n) is 9.79. The second-order valence-corrected chi connectivity index (χ2v) is 10.7. The van der Waals surface area contributed by atoms with Crippen molar-refractivity contribution in [1.82, 2.24) is 0 Å². The Morgan fingerprint density at radius 2 is 1.75 bits per heavy atom. The summed E-state index contributed by atoms with van der Waals surface area (Å²) in [6.07, 6.45) is 9.46. The maximum absolute atomic E-state index is 14.0. The lowest BCUT2D eigenvalue weighted by molar-refractivity contribution is 0.290. The molecule has 0 N–H and O–H groups in total. The molecule has 0 aliphatic carbocycles. The van der Waals surface area contributed by atoms with E-state index in [4.69, 9.17) is 4.74 Å². The number of benzene rings is 1. The SMILES string of the molecule is CCCCCOc1cc(CC(CCCCC)C(C)(C)[SiH3])ccc1F. The maximum atomic E-state index is 14.0. The molecule has 0 radical (unpaired) electrons. The van der Waals surface area contributed by atoms with Gasteiger partial charge in [-0.2, -0.15) is 0 Å². The van der Waals surface area contributed by atoms with Gasteiger partial charge in [0.1, 0.15) is 0 Å². The molecule has 24 heavy (non-hydrogen) atoms. The van der Waals surface area contributed by atoms with Crippen molar-refractivity contribution in [3.63, 3.8) is 0 Å². The Hall–Kier alpha value is -0.833. The minimum absolute atomic E-state index is 0.233. The zero-order valence-electron chi connectivity index (χ0n) is 16.5. The summed E-state index contributed by atoms with van der Waals surface area (Å²) in [6.45, 7) is 9.78. The lowest BCUT2D eigenvalue weighted by Crippen LogP contribution is -2.20. The Morgan fingerprint density at radius 3 is 2.38 bits per heavy atom. The normalized spacial score (nSPS) is 13.2. The number of rotatable bonds is 12. The Balaban J connectivity index is 2.72. The molecule has 0 saturated carbocycles. The Bertz CT molecular complexity index is 467. The smallest absolute Gasteiger partial charge is 0.165 e. The van der Waals surface area contributed by atoms with Crippen LogP contribution >= 0.6 is 0 Å². The summed E-state index contributed by atoms with van der Waals surface area (Å²) in [4.78, 5) is 0. The second kappa shape index (κ2) is 10.9. The predicted octanol–water partition coefficient (Wildman–Crippen LogP) is 5.70. The van der Waals surface area contributed by atoms with Crippen molar-refractivity contribution in [2.24, 2.45) is 5.92 Å². The number of unbranched alkanes of at least 4 members (excludes halogenated alkanes) is 4. The predicted molar refractivity (Wildman–Crippen MR) is 107 cm³/mol. The zero-order valence-corrected chi connectivity index (χ0v) is 18.5. The molecule has 1 aromatic carbocycles. The summed E-state index contributed by atoms with van der Waals surface area (Å²) in [5.41, 5.74) is 1.22. The number of ether oxygens (including phenoxy) is 1. The fourth-order valence-electron chi connectivity index (χ4n) is 3.09. The Morgan fingerprint density at radius 1 is 1.08 bits per heavy atom. The first-order valence-corrected chi connectivity index (χ1v) is 10.8. The van der Waals surface area contributed by atoms with Gasteiger partial charge in [0, 0.05) is 10.2 Å². The molecule has 0 aliphatic heterocycles. The molecule has 3 heteroatoms. The Kier molecular flexibility index (Phi) is 9.64. The van der Waals surface area contributed by atoms with Crippen LogP contribution in [0, 0.1) is 11.7 Å². The third-order valence-electron chi connectivity index (χ3n) is 4.86. The topological polar surface area (TPSA) is 9.23 Å². The fourth-order valence-corrected chi connectivity index (χ4v) is 3.58. The highest BCUT2D eigenvalue weighted by Crippen LogP contribution is 2.37. The van der Waals surface area contributed by atoms with Gasteiger partial charge < -0.3 is 4.74 Å². The minimum atomic E-state index is -0.233. The maximum Gasteiger partial charge on any atom is 0.165 e. The van der Waals surface area contributed by atoms with Crippen molar-refractivity contribution in [2.75, 3.05) is 6.61 Å². The number of halogens is 1. The lowest BCUT2D eigenvalue weighted by atomic mass is 9.84. The van der Waals surface area contributed by atoms with Gasteiger partial charge in [0.15, 0.2) is 11.6 Å². The van der Waals surface area contributed by atoms with Crippen LogP contribution in [-0.2, 0) is 6.42 Å². The monoisotopic (exact) mass is 352 g/mol. The first kappa shape index (κ1) is 21.2. The van der Waals surface area contributed by atoms with Gasteiger partial charge in [0.05, 0.1) is 6.61 Å². The summed E-state index contributed by atoms with van der Waals surface area (Å²) in [5, 5.41) is 0.407. The first-order chi connectivity index (χ1) is 11.4. The summed E-state index contributed by atoms with van der Waals surface area (Å²) in [6, 6.07) is 5.45. The van der Waals surface area contributed by atoms with Gasteiger partial charge in [0.2, 0.25) is 0 Å². The van der Waals surface area contributed by atoms with E-state index in [2.05, 4.69) is 27.7 Å². The molecule has 0 amide bonds. The molecule has 1 atom stereocenters. The molecular weight excluding hydrogens is 315 g/mol. The Labute approximate surface area is 151 Å². The fraction of sp³-hybridized carbons (Fsp3) is 0.714. The molecule has 0 spiro atoms.